The zero-order chi connectivity index (χ0) is 31.8. The molecule has 44 heavy (non-hydrogen) atoms. The molecule has 15 atom stereocenters. The standard InChI is InChI=1S/C35H58O9/c1-7-22-19(2)15-21(16-41-20(3)36)43-29(22)30(40)33(6)12-8-13-34-18-35(34)14-11-26(32(4,5)24(35)9-10-25(33)34)44-31-28(39)27(38)23(37)17-42-31/h19,21-31,37-40H,7-18H2,1-6H3. The molecule has 2 aliphatic heterocycles. The largest absolute Gasteiger partial charge is 0.463 e. The maximum absolute atomic E-state index is 12.4. The van der Waals surface area contributed by atoms with Crippen molar-refractivity contribution in [2.24, 2.45) is 45.3 Å². The molecule has 6 fully saturated rings. The Kier molecular flexibility index (Phi) is 8.81. The van der Waals surface area contributed by atoms with Crippen molar-refractivity contribution in [3.8, 4) is 0 Å². The predicted octanol–water partition coefficient (Wildman–Crippen LogP) is 3.97. The average molecular weight is 623 g/mol. The van der Waals surface area contributed by atoms with Gasteiger partial charge in [0.15, 0.2) is 6.29 Å². The van der Waals surface area contributed by atoms with Crippen LogP contribution >= 0.6 is 0 Å². The van der Waals surface area contributed by atoms with E-state index in [0.29, 0.717) is 17.8 Å². The molecule has 2 spiro atoms. The van der Waals surface area contributed by atoms with Crippen LogP contribution in [0.25, 0.3) is 0 Å². The number of esters is 1. The third-order valence-corrected chi connectivity index (χ3v) is 14.1. The van der Waals surface area contributed by atoms with Crippen LogP contribution in [0.1, 0.15) is 106 Å². The molecule has 0 aromatic carbocycles. The van der Waals surface area contributed by atoms with Crippen molar-refractivity contribution in [3.63, 3.8) is 0 Å². The van der Waals surface area contributed by atoms with Crippen LogP contribution in [-0.4, -0.2) is 88.6 Å². The van der Waals surface area contributed by atoms with E-state index in [1.54, 1.807) is 0 Å². The topological polar surface area (TPSA) is 135 Å². The highest BCUT2D eigenvalue weighted by Crippen LogP contribution is 2.86. The minimum Gasteiger partial charge on any atom is -0.463 e. The maximum Gasteiger partial charge on any atom is 0.302 e. The summed E-state index contributed by atoms with van der Waals surface area (Å²) in [6.07, 6.45) is 4.61. The van der Waals surface area contributed by atoms with E-state index in [1.807, 2.05) is 0 Å². The van der Waals surface area contributed by atoms with Gasteiger partial charge in [0.1, 0.15) is 24.9 Å². The molecular weight excluding hydrogens is 564 g/mol. The number of carbonyl (C=O) groups excluding carboxylic acids is 1. The highest BCUT2D eigenvalue weighted by Gasteiger charge is 2.80. The number of hydrogen-bond donors (Lipinski definition) is 4. The zero-order valence-corrected chi connectivity index (χ0v) is 27.7. The number of carbonyl (C=O) groups is 1. The second-order valence-electron chi connectivity index (χ2n) is 16.5. The molecule has 0 bridgehead atoms. The van der Waals surface area contributed by atoms with Gasteiger partial charge in [-0.15, -0.1) is 0 Å². The molecule has 4 saturated carbocycles. The van der Waals surface area contributed by atoms with Crippen molar-refractivity contribution in [3.05, 3.63) is 0 Å². The quantitative estimate of drug-likeness (QED) is 0.246. The van der Waals surface area contributed by atoms with Gasteiger partial charge in [0.05, 0.1) is 31.0 Å². The highest BCUT2D eigenvalue weighted by atomic mass is 16.7. The number of rotatable bonds is 7. The van der Waals surface area contributed by atoms with Crippen LogP contribution in [0.3, 0.4) is 0 Å². The van der Waals surface area contributed by atoms with Crippen molar-refractivity contribution < 1.29 is 44.2 Å². The summed E-state index contributed by atoms with van der Waals surface area (Å²) in [4.78, 5) is 11.5. The van der Waals surface area contributed by atoms with E-state index in [0.717, 1.165) is 51.4 Å². The fraction of sp³-hybridized carbons (Fsp3) is 0.971. The van der Waals surface area contributed by atoms with E-state index in [4.69, 9.17) is 18.9 Å². The Morgan fingerprint density at radius 2 is 1.70 bits per heavy atom. The molecule has 0 amide bonds. The van der Waals surface area contributed by atoms with Crippen molar-refractivity contribution in [1.29, 1.82) is 0 Å². The second-order valence-corrected chi connectivity index (χ2v) is 16.5. The minimum absolute atomic E-state index is 0.0536. The Morgan fingerprint density at radius 1 is 1.00 bits per heavy atom. The number of hydrogen-bond acceptors (Lipinski definition) is 9. The number of aliphatic hydroxyl groups is 4. The molecule has 15 unspecified atom stereocenters. The van der Waals surface area contributed by atoms with Crippen LogP contribution in [0, 0.1) is 45.3 Å². The summed E-state index contributed by atoms with van der Waals surface area (Å²) in [6.45, 7) is 13.0. The van der Waals surface area contributed by atoms with Gasteiger partial charge in [0, 0.05) is 6.92 Å². The fourth-order valence-electron chi connectivity index (χ4n) is 11.9. The minimum atomic E-state index is -1.28. The summed E-state index contributed by atoms with van der Waals surface area (Å²) in [5, 5.41) is 43.1. The Balaban J connectivity index is 1.20. The van der Waals surface area contributed by atoms with Crippen molar-refractivity contribution in [1.82, 2.24) is 0 Å². The lowest BCUT2D eigenvalue weighted by molar-refractivity contribution is -0.302. The van der Waals surface area contributed by atoms with Crippen LogP contribution in [0.2, 0.25) is 0 Å². The molecule has 2 heterocycles. The first-order valence-corrected chi connectivity index (χ1v) is 17.5. The van der Waals surface area contributed by atoms with Gasteiger partial charge in [-0.05, 0) is 96.7 Å². The van der Waals surface area contributed by atoms with Crippen molar-refractivity contribution in [2.75, 3.05) is 13.2 Å². The number of aliphatic hydroxyl groups excluding tert-OH is 4. The van der Waals surface area contributed by atoms with Gasteiger partial charge >= 0.3 is 5.97 Å². The summed E-state index contributed by atoms with van der Waals surface area (Å²) in [5.74, 6) is 1.23. The summed E-state index contributed by atoms with van der Waals surface area (Å²) in [5.41, 5.74) is 0.0440. The lowest BCUT2D eigenvalue weighted by Gasteiger charge is -2.61. The average Bonchev–Trinajstić information content (AvgIpc) is 3.64. The van der Waals surface area contributed by atoms with E-state index in [2.05, 4.69) is 34.6 Å². The Labute approximate surface area is 263 Å². The van der Waals surface area contributed by atoms with Crippen LogP contribution in [0.4, 0.5) is 0 Å². The lowest BCUT2D eigenvalue weighted by Crippen LogP contribution is -2.61. The Hall–Kier alpha value is -0.810. The van der Waals surface area contributed by atoms with E-state index in [1.165, 1.54) is 19.8 Å². The van der Waals surface area contributed by atoms with E-state index in [-0.39, 0.29) is 65.1 Å². The maximum atomic E-state index is 12.4. The van der Waals surface area contributed by atoms with Gasteiger partial charge in [-0.2, -0.15) is 0 Å². The normalized spacial score (nSPS) is 52.2. The molecule has 0 radical (unpaired) electrons. The third-order valence-electron chi connectivity index (χ3n) is 14.1. The Morgan fingerprint density at radius 3 is 2.41 bits per heavy atom. The van der Waals surface area contributed by atoms with E-state index >= 15 is 0 Å². The lowest BCUT2D eigenvalue weighted by atomic mass is 9.45. The van der Waals surface area contributed by atoms with Crippen LogP contribution in [0.5, 0.6) is 0 Å². The molecule has 252 valence electrons. The van der Waals surface area contributed by atoms with Gasteiger partial charge < -0.3 is 39.4 Å². The summed E-state index contributed by atoms with van der Waals surface area (Å²) >= 11 is 0. The molecule has 4 aliphatic carbocycles. The molecule has 0 aromatic rings. The fourth-order valence-corrected chi connectivity index (χ4v) is 11.9. The molecule has 6 rings (SSSR count). The Bertz CT molecular complexity index is 1070. The molecule has 9 heteroatoms. The third kappa shape index (κ3) is 5.01. The second kappa shape index (κ2) is 11.7. The monoisotopic (exact) mass is 622 g/mol. The molecule has 2 saturated heterocycles. The zero-order valence-electron chi connectivity index (χ0n) is 27.7. The summed E-state index contributed by atoms with van der Waals surface area (Å²) in [6, 6.07) is 0. The predicted molar refractivity (Wildman–Crippen MR) is 162 cm³/mol. The van der Waals surface area contributed by atoms with E-state index in [9.17, 15) is 25.2 Å². The highest BCUT2D eigenvalue weighted by molar-refractivity contribution is 5.65. The van der Waals surface area contributed by atoms with Crippen molar-refractivity contribution in [2.45, 2.75) is 155 Å². The van der Waals surface area contributed by atoms with Gasteiger partial charge in [-0.25, -0.2) is 0 Å². The van der Waals surface area contributed by atoms with Gasteiger partial charge in [0.25, 0.3) is 0 Å². The van der Waals surface area contributed by atoms with Gasteiger partial charge in [0.2, 0.25) is 0 Å². The summed E-state index contributed by atoms with van der Waals surface area (Å²) < 4.78 is 24.1. The van der Waals surface area contributed by atoms with Gasteiger partial charge in [-0.1, -0.05) is 47.5 Å². The molecule has 0 aromatic heterocycles. The molecule has 6 aliphatic rings. The first-order valence-electron chi connectivity index (χ1n) is 17.5. The van der Waals surface area contributed by atoms with Crippen LogP contribution in [0.15, 0.2) is 0 Å². The van der Waals surface area contributed by atoms with E-state index < -0.39 is 30.7 Å². The van der Waals surface area contributed by atoms with Crippen LogP contribution < -0.4 is 0 Å². The van der Waals surface area contributed by atoms with Crippen molar-refractivity contribution >= 4 is 5.97 Å². The molecular formula is C35H58O9. The first kappa shape index (κ1) is 33.1. The molecule has 4 N–H and O–H groups in total. The smallest absolute Gasteiger partial charge is 0.302 e. The van der Waals surface area contributed by atoms with Gasteiger partial charge in [-0.3, -0.25) is 4.79 Å². The van der Waals surface area contributed by atoms with Crippen LogP contribution in [-0.2, 0) is 23.7 Å². The number of ether oxygens (including phenoxy) is 4. The SMILES string of the molecule is CCC1C(C)CC(COC(C)=O)OC1C(O)C1(C)CCCC23CC24CCC(OC2OCC(O)C(O)C2O)C(C)(C)C4CCC13. The summed E-state index contributed by atoms with van der Waals surface area (Å²) in [7, 11) is 0. The molecule has 9 nitrogen and oxygen atoms in total. The first-order chi connectivity index (χ1) is 20.7.